The van der Waals surface area contributed by atoms with Crippen molar-refractivity contribution in [2.75, 3.05) is 0 Å². The van der Waals surface area contributed by atoms with Crippen LogP contribution in [0.25, 0.3) is 5.57 Å². The Morgan fingerprint density at radius 1 is 1.15 bits per heavy atom. The van der Waals surface area contributed by atoms with E-state index in [2.05, 4.69) is 15.9 Å². The molecule has 1 N–H and O–H groups in total. The summed E-state index contributed by atoms with van der Waals surface area (Å²) < 4.78 is 0.982. The molecule has 0 bridgehead atoms. The Labute approximate surface area is 133 Å². The van der Waals surface area contributed by atoms with Crippen molar-refractivity contribution in [2.45, 2.75) is 19.4 Å². The first-order valence-electron chi connectivity index (χ1n) is 6.33. The van der Waals surface area contributed by atoms with Gasteiger partial charge in [0.25, 0.3) is 0 Å². The van der Waals surface area contributed by atoms with Crippen LogP contribution in [-0.2, 0) is 0 Å². The molecule has 1 nitrogen and oxygen atoms in total. The fourth-order valence-electron chi connectivity index (χ4n) is 2.01. The summed E-state index contributed by atoms with van der Waals surface area (Å²) in [5.41, 5.74) is 2.04. The van der Waals surface area contributed by atoms with Crippen molar-refractivity contribution in [3.8, 4) is 0 Å². The van der Waals surface area contributed by atoms with Gasteiger partial charge in [-0.1, -0.05) is 57.9 Å². The molecule has 0 atom stereocenters. The molecule has 0 saturated carbocycles. The number of rotatable bonds is 3. The van der Waals surface area contributed by atoms with Crippen molar-refractivity contribution in [2.24, 2.45) is 0 Å². The largest absolute Gasteiger partial charge is 0.386 e. The molecule has 0 radical (unpaired) electrons. The Hall–Kier alpha value is -1.09. The van der Waals surface area contributed by atoms with Gasteiger partial charge in [0.15, 0.2) is 0 Å². The molecule has 0 fully saturated rings. The van der Waals surface area contributed by atoms with Gasteiger partial charge in [-0.25, -0.2) is 0 Å². The van der Waals surface area contributed by atoms with Gasteiger partial charge in [0, 0.05) is 9.50 Å². The predicted molar refractivity (Wildman–Crippen MR) is 89.0 cm³/mol. The smallest absolute Gasteiger partial charge is 0.0780 e. The van der Waals surface area contributed by atoms with Crippen LogP contribution in [0.5, 0.6) is 0 Å². The third-order valence-electron chi connectivity index (χ3n) is 2.80. The Bertz CT molecular complexity index is 641. The zero-order chi connectivity index (χ0) is 14.8. The highest BCUT2D eigenvalue weighted by molar-refractivity contribution is 9.10. The molecule has 2 rings (SSSR count). The Morgan fingerprint density at radius 3 is 2.45 bits per heavy atom. The molecule has 2 aromatic carbocycles. The lowest BCUT2D eigenvalue weighted by Gasteiger charge is -2.17. The van der Waals surface area contributed by atoms with E-state index >= 15 is 0 Å². The molecule has 104 valence electrons. The van der Waals surface area contributed by atoms with Crippen molar-refractivity contribution in [3.05, 3.63) is 75.2 Å². The summed E-state index contributed by atoms with van der Waals surface area (Å²) in [6.07, 6.45) is 1.85. The van der Waals surface area contributed by atoms with Gasteiger partial charge < -0.3 is 5.11 Å². The van der Waals surface area contributed by atoms with E-state index in [-0.39, 0.29) is 0 Å². The van der Waals surface area contributed by atoms with Crippen molar-refractivity contribution in [1.29, 1.82) is 0 Å². The highest BCUT2D eigenvalue weighted by Crippen LogP contribution is 2.32. The lowest BCUT2D eigenvalue weighted by atomic mass is 9.93. The molecule has 3 heteroatoms. The maximum atomic E-state index is 10.1. The molecular weight excluding hydrogens is 336 g/mol. The predicted octanol–water partition coefficient (Wildman–Crippen LogP) is 5.31. The molecule has 0 aliphatic heterocycles. The number of halogens is 2. The van der Waals surface area contributed by atoms with Crippen LogP contribution in [0.2, 0.25) is 5.02 Å². The van der Waals surface area contributed by atoms with Crippen LogP contribution in [0.3, 0.4) is 0 Å². The first-order chi connectivity index (χ1) is 9.37. The number of hydrogen-bond donors (Lipinski definition) is 1. The van der Waals surface area contributed by atoms with Gasteiger partial charge in [-0.15, -0.1) is 0 Å². The molecule has 0 spiro atoms. The summed E-state index contributed by atoms with van der Waals surface area (Å²) >= 11 is 9.65. The lowest BCUT2D eigenvalue weighted by Crippen LogP contribution is -2.15. The minimum atomic E-state index is -0.910. The third-order valence-corrected chi connectivity index (χ3v) is 3.72. The number of aliphatic hydroxyl groups is 1. The molecule has 0 aliphatic carbocycles. The summed E-state index contributed by atoms with van der Waals surface area (Å²) in [6.45, 7) is 3.52. The van der Waals surface area contributed by atoms with Crippen LogP contribution < -0.4 is 0 Å². The van der Waals surface area contributed by atoms with Crippen LogP contribution in [-0.4, -0.2) is 10.7 Å². The molecule has 2 aromatic rings. The summed E-state index contributed by atoms with van der Waals surface area (Å²) in [6, 6.07) is 15.6. The van der Waals surface area contributed by atoms with E-state index in [1.54, 1.807) is 13.8 Å². The van der Waals surface area contributed by atoms with E-state index in [4.69, 9.17) is 11.6 Å². The van der Waals surface area contributed by atoms with E-state index in [1.807, 2.05) is 54.6 Å². The maximum absolute atomic E-state index is 10.1. The minimum absolute atomic E-state index is 0.677. The summed E-state index contributed by atoms with van der Waals surface area (Å²) in [5.74, 6) is 0. The van der Waals surface area contributed by atoms with E-state index in [0.29, 0.717) is 5.02 Å². The quantitative estimate of drug-likeness (QED) is 0.795. The van der Waals surface area contributed by atoms with Crippen molar-refractivity contribution in [3.63, 3.8) is 0 Å². The average molecular weight is 352 g/mol. The van der Waals surface area contributed by atoms with Crippen LogP contribution in [0.15, 0.2) is 59.1 Å². The van der Waals surface area contributed by atoms with E-state index in [1.165, 1.54) is 0 Å². The maximum Gasteiger partial charge on any atom is 0.0780 e. The van der Waals surface area contributed by atoms with Gasteiger partial charge in [0.2, 0.25) is 0 Å². The lowest BCUT2D eigenvalue weighted by molar-refractivity contribution is 0.133. The molecule has 0 saturated heterocycles. The van der Waals surface area contributed by atoms with Gasteiger partial charge in [0.1, 0.15) is 0 Å². The SMILES string of the molecule is CC(C)(O)/C=C(/c1cccc(Cl)c1)c1ccccc1Br. The van der Waals surface area contributed by atoms with Crippen molar-refractivity contribution < 1.29 is 5.11 Å². The van der Waals surface area contributed by atoms with Gasteiger partial charge in [-0.05, 0) is 54.8 Å². The second kappa shape index (κ2) is 6.13. The highest BCUT2D eigenvalue weighted by Gasteiger charge is 2.15. The Kier molecular flexibility index (Phi) is 4.69. The van der Waals surface area contributed by atoms with Crippen LogP contribution in [0.1, 0.15) is 25.0 Å². The van der Waals surface area contributed by atoms with Crippen LogP contribution in [0, 0.1) is 0 Å². The van der Waals surface area contributed by atoms with Gasteiger partial charge in [-0.3, -0.25) is 0 Å². The number of hydrogen-bond acceptors (Lipinski definition) is 1. The Balaban J connectivity index is 2.64. The zero-order valence-corrected chi connectivity index (χ0v) is 13.7. The van der Waals surface area contributed by atoms with E-state index in [0.717, 1.165) is 21.2 Å². The summed E-state index contributed by atoms with van der Waals surface area (Å²) in [5, 5.41) is 10.8. The second-order valence-corrected chi connectivity index (χ2v) is 6.49. The Morgan fingerprint density at radius 2 is 1.85 bits per heavy atom. The van der Waals surface area contributed by atoms with Crippen LogP contribution >= 0.6 is 27.5 Å². The normalized spacial score (nSPS) is 12.6. The first-order valence-corrected chi connectivity index (χ1v) is 7.50. The van der Waals surface area contributed by atoms with E-state index < -0.39 is 5.60 Å². The monoisotopic (exact) mass is 350 g/mol. The molecule has 0 amide bonds. The molecule has 0 aliphatic rings. The second-order valence-electron chi connectivity index (χ2n) is 5.20. The average Bonchev–Trinajstić information content (AvgIpc) is 2.36. The molecule has 0 heterocycles. The van der Waals surface area contributed by atoms with Gasteiger partial charge in [-0.2, -0.15) is 0 Å². The van der Waals surface area contributed by atoms with Crippen LogP contribution in [0.4, 0.5) is 0 Å². The van der Waals surface area contributed by atoms with Gasteiger partial charge >= 0.3 is 0 Å². The van der Waals surface area contributed by atoms with Crippen molar-refractivity contribution >= 4 is 33.1 Å². The standard InChI is InChI=1S/C17H16BrClO/c1-17(2,20)11-15(12-6-5-7-13(19)10-12)14-8-3-4-9-16(14)18/h3-11,20H,1-2H3/b15-11-. The van der Waals surface area contributed by atoms with Crippen molar-refractivity contribution in [1.82, 2.24) is 0 Å². The third kappa shape index (κ3) is 3.95. The fraction of sp³-hybridized carbons (Fsp3) is 0.176. The zero-order valence-electron chi connectivity index (χ0n) is 11.4. The summed E-state index contributed by atoms with van der Waals surface area (Å²) in [7, 11) is 0. The number of benzene rings is 2. The molecule has 20 heavy (non-hydrogen) atoms. The topological polar surface area (TPSA) is 20.2 Å². The fourth-order valence-corrected chi connectivity index (χ4v) is 2.69. The van der Waals surface area contributed by atoms with E-state index in [9.17, 15) is 5.11 Å². The van der Waals surface area contributed by atoms with Gasteiger partial charge in [0.05, 0.1) is 5.60 Å². The molecule has 0 unspecified atom stereocenters. The first kappa shape index (κ1) is 15.3. The molecular formula is C17H16BrClO. The minimum Gasteiger partial charge on any atom is -0.386 e. The summed E-state index contributed by atoms with van der Waals surface area (Å²) in [4.78, 5) is 0. The highest BCUT2D eigenvalue weighted by atomic mass is 79.9. The molecule has 0 aromatic heterocycles.